The summed E-state index contributed by atoms with van der Waals surface area (Å²) in [6.45, 7) is 8.55. The maximum Gasteiger partial charge on any atom is 0.0825 e. The third kappa shape index (κ3) is 2.84. The van der Waals surface area contributed by atoms with E-state index in [4.69, 9.17) is 9.78 Å². The van der Waals surface area contributed by atoms with E-state index in [2.05, 4.69) is 26.0 Å². The minimum atomic E-state index is 0.472. The van der Waals surface area contributed by atoms with Crippen LogP contribution in [0.15, 0.2) is 23.3 Å². The Hall–Kier alpha value is -0.600. The van der Waals surface area contributed by atoms with Crippen molar-refractivity contribution >= 4 is 0 Å². The molecule has 0 spiro atoms. The zero-order valence-electron chi connectivity index (χ0n) is 16.5. The van der Waals surface area contributed by atoms with Crippen LogP contribution in [-0.4, -0.2) is 13.2 Å². The average Bonchev–Trinajstić information content (AvgIpc) is 2.95. The van der Waals surface area contributed by atoms with Gasteiger partial charge in [0.25, 0.3) is 0 Å². The Morgan fingerprint density at radius 1 is 1.00 bits per heavy atom. The molecule has 0 heterocycles. The lowest BCUT2D eigenvalue weighted by atomic mass is 9.50. The van der Waals surface area contributed by atoms with Crippen LogP contribution < -0.4 is 0 Å². The van der Waals surface area contributed by atoms with E-state index in [-0.39, 0.29) is 0 Å². The van der Waals surface area contributed by atoms with Crippen LogP contribution in [0, 0.1) is 28.6 Å². The van der Waals surface area contributed by atoms with Crippen LogP contribution in [0.25, 0.3) is 0 Å². The van der Waals surface area contributed by atoms with Gasteiger partial charge in [-0.15, -0.1) is 0 Å². The van der Waals surface area contributed by atoms with Crippen LogP contribution in [0.1, 0.15) is 78.6 Å². The van der Waals surface area contributed by atoms with Gasteiger partial charge in [-0.1, -0.05) is 43.6 Å². The van der Waals surface area contributed by atoms with Gasteiger partial charge < -0.3 is 0 Å². The van der Waals surface area contributed by atoms with Gasteiger partial charge >= 0.3 is 0 Å². The summed E-state index contributed by atoms with van der Waals surface area (Å²) in [6, 6.07) is 0. The molecule has 0 saturated heterocycles. The van der Waals surface area contributed by atoms with Gasteiger partial charge in [0.2, 0.25) is 0 Å². The van der Waals surface area contributed by atoms with Crippen molar-refractivity contribution in [3.63, 3.8) is 0 Å². The largest absolute Gasteiger partial charge is 0.237 e. The molecular formula is C23H36O2. The predicted octanol–water partition coefficient (Wildman–Crippen LogP) is 6.23. The number of rotatable bonds is 5. The molecule has 4 rings (SSSR count). The normalized spacial score (nSPS) is 42.9. The Kier molecular flexibility index (Phi) is 4.88. The second-order valence-electron chi connectivity index (χ2n) is 9.42. The smallest absolute Gasteiger partial charge is 0.0825 e. The lowest BCUT2D eigenvalue weighted by molar-refractivity contribution is -0.293. The molecule has 4 aliphatic rings. The molecule has 3 fully saturated rings. The molecule has 0 radical (unpaired) electrons. The van der Waals surface area contributed by atoms with Crippen LogP contribution in [0.4, 0.5) is 0 Å². The van der Waals surface area contributed by atoms with Gasteiger partial charge in [0.05, 0.1) is 13.2 Å². The highest BCUT2D eigenvalue weighted by atomic mass is 17.2. The number of hydrogen-bond acceptors (Lipinski definition) is 2. The quantitative estimate of drug-likeness (QED) is 0.334. The Balaban J connectivity index is 1.53. The number of allylic oxidation sites excluding steroid dienone is 4. The van der Waals surface area contributed by atoms with Crippen molar-refractivity contribution in [2.75, 3.05) is 13.2 Å². The molecule has 0 aliphatic heterocycles. The van der Waals surface area contributed by atoms with Crippen molar-refractivity contribution in [1.82, 2.24) is 0 Å². The zero-order chi connectivity index (χ0) is 17.5. The molecule has 2 heteroatoms. The monoisotopic (exact) mass is 344 g/mol. The highest BCUT2D eigenvalue weighted by molar-refractivity contribution is 5.38. The van der Waals surface area contributed by atoms with Crippen LogP contribution in [0.2, 0.25) is 0 Å². The molecule has 0 N–H and O–H groups in total. The summed E-state index contributed by atoms with van der Waals surface area (Å²) in [4.78, 5) is 10.4. The van der Waals surface area contributed by atoms with Gasteiger partial charge in [-0.05, 0) is 86.9 Å². The molecular weight excluding hydrogens is 308 g/mol. The van der Waals surface area contributed by atoms with Crippen molar-refractivity contribution in [1.29, 1.82) is 0 Å². The fourth-order valence-electron chi connectivity index (χ4n) is 6.95. The standard InChI is InChI=1S/C23H36O2/c1-4-24-25-16-13-18-9-11-20-19-10-8-17-7-5-6-14-22(17,2)21(19)12-15-23(18,20)3/h8,10,18,20-21H,4-7,9,11-16H2,1-3H3/t18-,20+,21-,22-,23-/m1/s1. The SMILES string of the molecule is CCOOCC[C@H]1CC[C@H]2C3=CC=C4CCCC[C@@]4(C)[C@@H]3CC[C@]12C. The highest BCUT2D eigenvalue weighted by Crippen LogP contribution is 2.65. The van der Waals surface area contributed by atoms with E-state index in [0.29, 0.717) is 17.4 Å². The summed E-state index contributed by atoms with van der Waals surface area (Å²) >= 11 is 0. The molecule has 4 aliphatic carbocycles. The van der Waals surface area contributed by atoms with E-state index in [1.165, 1.54) is 51.4 Å². The summed E-state index contributed by atoms with van der Waals surface area (Å²) in [6.07, 6.45) is 17.4. The van der Waals surface area contributed by atoms with Crippen molar-refractivity contribution < 1.29 is 9.78 Å². The third-order valence-electron chi connectivity index (χ3n) is 8.43. The maximum absolute atomic E-state index is 5.34. The van der Waals surface area contributed by atoms with Crippen LogP contribution in [0.5, 0.6) is 0 Å². The van der Waals surface area contributed by atoms with Crippen molar-refractivity contribution in [3.8, 4) is 0 Å². The molecule has 140 valence electrons. The van der Waals surface area contributed by atoms with Crippen molar-refractivity contribution in [3.05, 3.63) is 23.3 Å². The first-order valence-corrected chi connectivity index (χ1v) is 10.7. The number of hydrogen-bond donors (Lipinski definition) is 0. The van der Waals surface area contributed by atoms with Gasteiger partial charge in [0, 0.05) is 0 Å². The lowest BCUT2D eigenvalue weighted by Gasteiger charge is -2.54. The fourth-order valence-corrected chi connectivity index (χ4v) is 6.95. The molecule has 0 unspecified atom stereocenters. The van der Waals surface area contributed by atoms with E-state index < -0.39 is 0 Å². The Bertz CT molecular complexity index is 562. The summed E-state index contributed by atoms with van der Waals surface area (Å²) in [5.41, 5.74) is 4.53. The summed E-state index contributed by atoms with van der Waals surface area (Å²) in [5, 5.41) is 0. The van der Waals surface area contributed by atoms with Gasteiger partial charge in [-0.3, -0.25) is 0 Å². The maximum atomic E-state index is 5.34. The molecule has 0 amide bonds. The molecule has 2 nitrogen and oxygen atoms in total. The van der Waals surface area contributed by atoms with Crippen LogP contribution >= 0.6 is 0 Å². The van der Waals surface area contributed by atoms with Gasteiger partial charge in [-0.25, -0.2) is 9.78 Å². The molecule has 25 heavy (non-hydrogen) atoms. The zero-order valence-corrected chi connectivity index (χ0v) is 16.5. The molecule has 0 aromatic carbocycles. The molecule has 0 aromatic heterocycles. The van der Waals surface area contributed by atoms with E-state index in [1.54, 1.807) is 5.57 Å². The van der Waals surface area contributed by atoms with Crippen molar-refractivity contribution in [2.24, 2.45) is 28.6 Å². The fraction of sp³-hybridized carbons (Fsp3) is 0.826. The van der Waals surface area contributed by atoms with Gasteiger partial charge in [0.15, 0.2) is 0 Å². The molecule has 0 bridgehead atoms. The van der Waals surface area contributed by atoms with E-state index >= 15 is 0 Å². The molecule has 5 atom stereocenters. The van der Waals surface area contributed by atoms with E-state index in [0.717, 1.165) is 30.8 Å². The minimum Gasteiger partial charge on any atom is -0.237 e. The molecule has 3 saturated carbocycles. The summed E-state index contributed by atoms with van der Waals surface area (Å²) < 4.78 is 0. The van der Waals surface area contributed by atoms with Crippen molar-refractivity contribution in [2.45, 2.75) is 78.6 Å². The second-order valence-corrected chi connectivity index (χ2v) is 9.42. The minimum absolute atomic E-state index is 0.472. The highest BCUT2D eigenvalue weighted by Gasteiger charge is 2.55. The lowest BCUT2D eigenvalue weighted by Crippen LogP contribution is -2.44. The molecule has 0 aromatic rings. The first-order chi connectivity index (χ1) is 12.1. The van der Waals surface area contributed by atoms with Gasteiger partial charge in [0.1, 0.15) is 0 Å². The third-order valence-corrected chi connectivity index (χ3v) is 8.43. The summed E-state index contributed by atoms with van der Waals surface area (Å²) in [7, 11) is 0. The van der Waals surface area contributed by atoms with Crippen LogP contribution in [0.3, 0.4) is 0 Å². The van der Waals surface area contributed by atoms with Crippen LogP contribution in [-0.2, 0) is 9.78 Å². The Morgan fingerprint density at radius 3 is 2.72 bits per heavy atom. The second kappa shape index (κ2) is 6.85. The first-order valence-electron chi connectivity index (χ1n) is 10.7. The Labute approximate surface area is 154 Å². The summed E-state index contributed by atoms with van der Waals surface area (Å²) in [5.74, 6) is 2.42. The van der Waals surface area contributed by atoms with E-state index in [1.807, 2.05) is 12.5 Å². The number of fused-ring (bicyclic) bond motifs is 5. The predicted molar refractivity (Wildman–Crippen MR) is 102 cm³/mol. The average molecular weight is 345 g/mol. The van der Waals surface area contributed by atoms with Gasteiger partial charge in [-0.2, -0.15) is 0 Å². The topological polar surface area (TPSA) is 18.5 Å². The van der Waals surface area contributed by atoms with E-state index in [9.17, 15) is 0 Å². The Morgan fingerprint density at radius 2 is 1.88 bits per heavy atom. The first kappa shape index (κ1) is 17.8.